The molecule has 11 N–H and O–H groups in total. The molecule has 2 aromatic carbocycles. The number of rotatable bonds is 26. The minimum absolute atomic E-state index is 0.0174. The fourth-order valence-electron chi connectivity index (χ4n) is 7.77. The molecule has 3 rings (SSSR count). The lowest BCUT2D eigenvalue weighted by Crippen LogP contribution is -2.61. The normalized spacial score (nSPS) is 16.6. The SMILES string of the molecule is CC(C)C[C@H](NC(=O)[C@H](Cc1ccc(O)cc1)NC(=O)[C@H](C)N)C(=O)N[C@@H](CC(=O)O)C(=O)N[C@@H](CC(C)C)C(=O)N[C@@H](CC(C)C)C(=O)N[C@@H](Cc1ccccc1)C(=O)N1CCC[C@H]1C(=O)O. The topological polar surface area (TPSA) is 316 Å². The van der Waals surface area contributed by atoms with Crippen molar-refractivity contribution in [2.75, 3.05) is 6.54 Å². The molecule has 0 unspecified atom stereocenters. The summed E-state index contributed by atoms with van der Waals surface area (Å²) in [5.41, 5.74) is 7.01. The number of phenols is 1. The highest BCUT2D eigenvalue weighted by molar-refractivity contribution is 5.98. The van der Waals surface area contributed by atoms with Crippen LogP contribution < -0.4 is 37.6 Å². The zero-order chi connectivity index (χ0) is 50.8. The largest absolute Gasteiger partial charge is 0.508 e. The number of aliphatic carboxylic acids is 2. The van der Waals surface area contributed by atoms with Crippen LogP contribution in [0, 0.1) is 17.8 Å². The average molecular weight is 951 g/mol. The van der Waals surface area contributed by atoms with Crippen LogP contribution in [0.5, 0.6) is 5.75 Å². The summed E-state index contributed by atoms with van der Waals surface area (Å²) in [6, 6.07) is 4.61. The third-order valence-corrected chi connectivity index (χ3v) is 11.2. The predicted octanol–water partition coefficient (Wildman–Crippen LogP) is 1.12. The van der Waals surface area contributed by atoms with E-state index in [9.17, 15) is 58.5 Å². The van der Waals surface area contributed by atoms with E-state index in [-0.39, 0.29) is 68.6 Å². The van der Waals surface area contributed by atoms with Gasteiger partial charge in [0.2, 0.25) is 41.4 Å². The van der Waals surface area contributed by atoms with Crippen LogP contribution in [0.1, 0.15) is 98.1 Å². The zero-order valence-corrected chi connectivity index (χ0v) is 40.0. The van der Waals surface area contributed by atoms with Crippen molar-refractivity contribution in [1.82, 2.24) is 36.8 Å². The molecule has 1 fully saturated rings. The van der Waals surface area contributed by atoms with Gasteiger partial charge in [-0.15, -0.1) is 0 Å². The van der Waals surface area contributed by atoms with Gasteiger partial charge in [-0.2, -0.15) is 0 Å². The molecule has 8 atom stereocenters. The first-order valence-corrected chi connectivity index (χ1v) is 23.1. The van der Waals surface area contributed by atoms with Gasteiger partial charge in [-0.3, -0.25) is 38.4 Å². The van der Waals surface area contributed by atoms with Crippen LogP contribution in [0.2, 0.25) is 0 Å². The molecule has 1 heterocycles. The van der Waals surface area contributed by atoms with Crippen LogP contribution in [-0.2, 0) is 56.0 Å². The van der Waals surface area contributed by atoms with Crippen molar-refractivity contribution in [2.24, 2.45) is 23.5 Å². The third kappa shape index (κ3) is 18.3. The molecule has 1 aliphatic heterocycles. The van der Waals surface area contributed by atoms with Gasteiger partial charge in [-0.1, -0.05) is 84.0 Å². The Kier molecular flexibility index (Phi) is 21.9. The number of nitrogens with zero attached hydrogens (tertiary/aromatic N) is 1. The summed E-state index contributed by atoms with van der Waals surface area (Å²) in [5, 5.41) is 45.1. The minimum Gasteiger partial charge on any atom is -0.508 e. The Morgan fingerprint density at radius 2 is 0.956 bits per heavy atom. The van der Waals surface area contributed by atoms with Gasteiger partial charge in [0.25, 0.3) is 0 Å². The highest BCUT2D eigenvalue weighted by Gasteiger charge is 2.39. The molecule has 1 saturated heterocycles. The van der Waals surface area contributed by atoms with E-state index in [2.05, 4.69) is 31.9 Å². The lowest BCUT2D eigenvalue weighted by molar-refractivity contribution is -0.149. The Balaban J connectivity index is 1.86. The summed E-state index contributed by atoms with van der Waals surface area (Å²) in [6.45, 7) is 12.3. The molecule has 374 valence electrons. The molecule has 2 aromatic rings. The molecule has 20 nitrogen and oxygen atoms in total. The maximum Gasteiger partial charge on any atom is 0.326 e. The third-order valence-electron chi connectivity index (χ3n) is 11.2. The smallest absolute Gasteiger partial charge is 0.326 e. The number of phenolic OH excluding ortho intramolecular Hbond substituents is 1. The van der Waals surface area contributed by atoms with Gasteiger partial charge in [0, 0.05) is 19.4 Å². The van der Waals surface area contributed by atoms with Gasteiger partial charge in [0.1, 0.15) is 48.0 Å². The van der Waals surface area contributed by atoms with Crippen LogP contribution in [0.25, 0.3) is 0 Å². The molecule has 68 heavy (non-hydrogen) atoms. The first-order valence-electron chi connectivity index (χ1n) is 23.1. The lowest BCUT2D eigenvalue weighted by Gasteiger charge is -2.30. The number of carbonyl (C=O) groups excluding carboxylic acids is 7. The molecule has 0 aliphatic carbocycles. The molecule has 0 radical (unpaired) electrons. The summed E-state index contributed by atoms with van der Waals surface area (Å²) in [6.07, 6.45) is -0.0721. The lowest BCUT2D eigenvalue weighted by atomic mass is 9.98. The van der Waals surface area contributed by atoms with E-state index in [4.69, 9.17) is 5.73 Å². The second kappa shape index (κ2) is 26.7. The first-order chi connectivity index (χ1) is 31.9. The fraction of sp³-hybridized carbons (Fsp3) is 0.562. The van der Waals surface area contributed by atoms with Crippen LogP contribution in [-0.4, -0.2) is 128 Å². The number of nitrogens with two attached hydrogens (primary N) is 1. The first kappa shape index (κ1) is 55.8. The standard InChI is InChI=1S/C48H70N8O12/c1-26(2)20-33(42(61)51-35(22-28(5)6)44(63)55-38(24-30-12-9-8-10-13-30)47(66)56-19-11-14-39(56)48(67)68)53-46(65)37(25-40(58)59)54-43(62)34(21-27(3)4)52-45(64)36(50-41(60)29(7)49)23-31-15-17-32(57)18-16-31/h8-10,12-13,15-18,26-29,33-39,57H,11,14,19-25,49H2,1-7H3,(H,50,60)(H,51,61)(H,52,64)(H,53,65)(H,54,62)(H,55,63)(H,58,59)(H,67,68)/t29-,33-,34-,35-,36-,37-,38-,39-/m0/s1. The molecule has 0 bridgehead atoms. The van der Waals surface area contributed by atoms with Gasteiger partial charge >= 0.3 is 11.9 Å². The number of likely N-dealkylation sites (tertiary alicyclic amines) is 1. The van der Waals surface area contributed by atoms with E-state index in [1.807, 2.05) is 13.8 Å². The van der Waals surface area contributed by atoms with Crippen LogP contribution >= 0.6 is 0 Å². The second-order valence-electron chi connectivity index (χ2n) is 18.7. The maximum absolute atomic E-state index is 14.1. The molecule has 0 saturated carbocycles. The van der Waals surface area contributed by atoms with Crippen molar-refractivity contribution in [1.29, 1.82) is 0 Å². The number of nitrogens with one attached hydrogen (secondary N) is 6. The minimum atomic E-state index is -1.75. The Bertz CT molecular complexity index is 2060. The molecule has 20 heteroatoms. The Labute approximate surface area is 397 Å². The molecular weight excluding hydrogens is 881 g/mol. The number of carboxylic acids is 2. The predicted molar refractivity (Wildman–Crippen MR) is 250 cm³/mol. The van der Waals surface area contributed by atoms with Crippen LogP contribution in [0.15, 0.2) is 54.6 Å². The van der Waals surface area contributed by atoms with Gasteiger partial charge in [0.15, 0.2) is 0 Å². The summed E-state index contributed by atoms with van der Waals surface area (Å²) in [4.78, 5) is 122. The summed E-state index contributed by atoms with van der Waals surface area (Å²) >= 11 is 0. The van der Waals surface area contributed by atoms with Crippen LogP contribution in [0.4, 0.5) is 0 Å². The van der Waals surface area contributed by atoms with Crippen molar-refractivity contribution in [3.8, 4) is 5.75 Å². The number of aromatic hydroxyl groups is 1. The highest BCUT2D eigenvalue weighted by Crippen LogP contribution is 2.21. The number of carbonyl (C=O) groups is 9. The Hall–Kier alpha value is -6.57. The average Bonchev–Trinajstić information content (AvgIpc) is 3.76. The van der Waals surface area contributed by atoms with E-state index < -0.39 is 108 Å². The number of hydrogen-bond donors (Lipinski definition) is 10. The fourth-order valence-corrected chi connectivity index (χ4v) is 7.77. The van der Waals surface area contributed by atoms with Crippen LogP contribution in [0.3, 0.4) is 0 Å². The van der Waals surface area contributed by atoms with E-state index in [1.54, 1.807) is 70.2 Å². The number of benzene rings is 2. The van der Waals surface area contributed by atoms with Gasteiger partial charge in [0.05, 0.1) is 12.5 Å². The van der Waals surface area contributed by atoms with Gasteiger partial charge < -0.3 is 57.9 Å². The number of hydrogen-bond acceptors (Lipinski definition) is 11. The molecular formula is C48H70N8O12. The van der Waals surface area contributed by atoms with Crippen molar-refractivity contribution in [2.45, 2.75) is 148 Å². The van der Waals surface area contributed by atoms with Crippen molar-refractivity contribution < 1.29 is 58.5 Å². The van der Waals surface area contributed by atoms with Gasteiger partial charge in [-0.05, 0) is 80.0 Å². The quantitative estimate of drug-likeness (QED) is 0.0633. The van der Waals surface area contributed by atoms with Gasteiger partial charge in [-0.25, -0.2) is 4.79 Å². The molecule has 7 amide bonds. The van der Waals surface area contributed by atoms with Crippen molar-refractivity contribution >= 4 is 53.3 Å². The van der Waals surface area contributed by atoms with Crippen molar-refractivity contribution in [3.63, 3.8) is 0 Å². The van der Waals surface area contributed by atoms with E-state index in [0.717, 1.165) is 0 Å². The molecule has 1 aliphatic rings. The maximum atomic E-state index is 14.1. The second-order valence-corrected chi connectivity index (χ2v) is 18.7. The van der Waals surface area contributed by atoms with Crippen molar-refractivity contribution in [3.05, 3.63) is 65.7 Å². The zero-order valence-electron chi connectivity index (χ0n) is 40.0. The molecule has 0 spiro atoms. The highest BCUT2D eigenvalue weighted by atomic mass is 16.4. The van der Waals surface area contributed by atoms with E-state index in [0.29, 0.717) is 17.5 Å². The molecule has 0 aromatic heterocycles. The monoisotopic (exact) mass is 951 g/mol. The van der Waals surface area contributed by atoms with E-state index >= 15 is 0 Å². The number of carboxylic acid groups (broad SMARTS) is 2. The summed E-state index contributed by atoms with van der Waals surface area (Å²) in [7, 11) is 0. The Morgan fingerprint density at radius 3 is 1.40 bits per heavy atom. The van der Waals surface area contributed by atoms with E-state index in [1.165, 1.54) is 24.0 Å². The summed E-state index contributed by atoms with van der Waals surface area (Å²) < 4.78 is 0. The Morgan fingerprint density at radius 1 is 0.559 bits per heavy atom. The summed E-state index contributed by atoms with van der Waals surface area (Å²) in [5.74, 6) is -8.76. The number of amides is 7.